The lowest BCUT2D eigenvalue weighted by atomic mass is 9.95. The second-order valence-corrected chi connectivity index (χ2v) is 15.6. The third-order valence-corrected chi connectivity index (χ3v) is 11.4. The van der Waals surface area contributed by atoms with Crippen LogP contribution in [0.5, 0.6) is 5.75 Å². The summed E-state index contributed by atoms with van der Waals surface area (Å²) in [5, 5.41) is 22.5. The molecule has 0 saturated carbocycles. The summed E-state index contributed by atoms with van der Waals surface area (Å²) in [6.07, 6.45) is -1.71. The number of aliphatic hydroxyl groups is 2. The van der Waals surface area contributed by atoms with E-state index < -0.39 is 20.5 Å². The van der Waals surface area contributed by atoms with Gasteiger partial charge in [-0.15, -0.1) is 0 Å². The Balaban J connectivity index is 1.81. The van der Waals surface area contributed by atoms with Gasteiger partial charge in [0.05, 0.1) is 0 Å². The maximum Gasteiger partial charge on any atom is 0.250 e. The van der Waals surface area contributed by atoms with Gasteiger partial charge in [0, 0.05) is 15.1 Å². The second kappa shape index (κ2) is 9.70. The zero-order chi connectivity index (χ0) is 23.7. The molecule has 0 aliphatic heterocycles. The van der Waals surface area contributed by atoms with Crippen LogP contribution in [0.15, 0.2) is 71.2 Å². The highest BCUT2D eigenvalue weighted by Crippen LogP contribution is 2.38. The van der Waals surface area contributed by atoms with E-state index in [1.165, 1.54) is 0 Å². The van der Waals surface area contributed by atoms with Crippen LogP contribution in [0.2, 0.25) is 23.2 Å². The maximum atomic E-state index is 11.0. The largest absolute Gasteiger partial charge is 0.544 e. The van der Waals surface area contributed by atoms with Crippen molar-refractivity contribution >= 4 is 35.8 Å². The van der Waals surface area contributed by atoms with E-state index in [1.54, 1.807) is 12.1 Å². The second-order valence-electron chi connectivity index (χ2n) is 9.57. The number of rotatable bonds is 6. The van der Waals surface area contributed by atoms with Crippen LogP contribution in [0, 0.1) is 0 Å². The van der Waals surface area contributed by atoms with Crippen LogP contribution in [-0.4, -0.2) is 18.5 Å². The van der Waals surface area contributed by atoms with Gasteiger partial charge in [0.1, 0.15) is 18.0 Å². The molecular weight excluding hydrogens is 504 g/mol. The van der Waals surface area contributed by atoms with Crippen molar-refractivity contribution in [2.75, 3.05) is 0 Å². The van der Waals surface area contributed by atoms with Gasteiger partial charge in [-0.2, -0.15) is 0 Å². The van der Waals surface area contributed by atoms with E-state index in [0.29, 0.717) is 21.7 Å². The molecule has 0 spiro atoms. The number of hydrogen-bond donors (Lipinski definition) is 2. The summed E-state index contributed by atoms with van der Waals surface area (Å²) in [7, 11) is -1.92. The Hall–Kier alpha value is -1.63. The summed E-state index contributed by atoms with van der Waals surface area (Å²) in [4.78, 5) is 0. The molecule has 3 nitrogen and oxygen atoms in total. The smallest absolute Gasteiger partial charge is 0.250 e. The van der Waals surface area contributed by atoms with Crippen LogP contribution in [0.25, 0.3) is 0 Å². The van der Waals surface area contributed by atoms with Crippen molar-refractivity contribution in [3.8, 4) is 5.75 Å². The summed E-state index contributed by atoms with van der Waals surface area (Å²) in [5.41, 5.74) is 2.74. The highest BCUT2D eigenvalue weighted by molar-refractivity contribution is 9.10. The standard InChI is InChI=1S/C26H30BrClO3Si/c1-26(2,3)32(4,5)31-21-12-9-17(10-13-21)24(29)18-7-6-8-19(15-18)25(30)22-16-20(27)11-14-23(22)28/h6-16,24-25,29-30H,1-5H3. The van der Waals surface area contributed by atoms with E-state index in [2.05, 4.69) is 49.8 Å². The quantitative estimate of drug-likeness (QED) is 0.320. The van der Waals surface area contributed by atoms with Gasteiger partial charge < -0.3 is 14.6 Å². The normalized spacial score (nSPS) is 14.2. The van der Waals surface area contributed by atoms with Crippen molar-refractivity contribution in [3.63, 3.8) is 0 Å². The molecule has 2 unspecified atom stereocenters. The molecule has 0 radical (unpaired) electrons. The van der Waals surface area contributed by atoms with Gasteiger partial charge in [0.2, 0.25) is 8.32 Å². The van der Waals surface area contributed by atoms with E-state index in [1.807, 2.05) is 54.6 Å². The molecule has 2 N–H and O–H groups in total. The van der Waals surface area contributed by atoms with Gasteiger partial charge in [-0.25, -0.2) is 0 Å². The molecule has 0 aromatic heterocycles. The van der Waals surface area contributed by atoms with Crippen molar-refractivity contribution in [2.24, 2.45) is 0 Å². The molecule has 6 heteroatoms. The Morgan fingerprint density at radius 1 is 0.844 bits per heavy atom. The van der Waals surface area contributed by atoms with Crippen LogP contribution in [0.4, 0.5) is 0 Å². The van der Waals surface area contributed by atoms with Gasteiger partial charge >= 0.3 is 0 Å². The first-order valence-electron chi connectivity index (χ1n) is 10.6. The van der Waals surface area contributed by atoms with Crippen LogP contribution in [0.1, 0.15) is 55.2 Å². The summed E-state index contributed by atoms with van der Waals surface area (Å²) in [6.45, 7) is 11.1. The highest BCUT2D eigenvalue weighted by Gasteiger charge is 2.38. The van der Waals surface area contributed by atoms with Crippen molar-refractivity contribution in [2.45, 2.75) is 51.1 Å². The van der Waals surface area contributed by atoms with Gasteiger partial charge in [-0.05, 0) is 71.2 Å². The fraction of sp³-hybridized carbons (Fsp3) is 0.308. The maximum absolute atomic E-state index is 11.0. The minimum absolute atomic E-state index is 0.115. The Morgan fingerprint density at radius 3 is 2.03 bits per heavy atom. The van der Waals surface area contributed by atoms with Crippen molar-refractivity contribution in [3.05, 3.63) is 98.5 Å². The summed E-state index contributed by atoms with van der Waals surface area (Å²) in [5.74, 6) is 0.820. The molecule has 0 bridgehead atoms. The molecule has 0 saturated heterocycles. The molecule has 32 heavy (non-hydrogen) atoms. The highest BCUT2D eigenvalue weighted by atomic mass is 79.9. The minimum atomic E-state index is -1.92. The Kier molecular flexibility index (Phi) is 7.57. The first kappa shape index (κ1) is 25.0. The van der Waals surface area contributed by atoms with Gasteiger partial charge in [-0.1, -0.05) is 78.6 Å². The van der Waals surface area contributed by atoms with Crippen molar-refractivity contribution in [1.82, 2.24) is 0 Å². The Bertz CT molecular complexity index is 1080. The average molecular weight is 534 g/mol. The molecule has 3 aromatic carbocycles. The summed E-state index contributed by atoms with van der Waals surface area (Å²) >= 11 is 9.71. The molecule has 0 aliphatic rings. The summed E-state index contributed by atoms with van der Waals surface area (Å²) < 4.78 is 7.17. The molecule has 0 amide bonds. The zero-order valence-corrected chi connectivity index (χ0v) is 22.4. The van der Waals surface area contributed by atoms with Crippen LogP contribution < -0.4 is 4.43 Å². The van der Waals surface area contributed by atoms with Gasteiger partial charge in [-0.3, -0.25) is 0 Å². The number of halogens is 2. The topological polar surface area (TPSA) is 49.7 Å². The molecular formula is C26H30BrClO3Si. The van der Waals surface area contributed by atoms with Crippen LogP contribution in [0.3, 0.4) is 0 Å². The molecule has 2 atom stereocenters. The lowest BCUT2D eigenvalue weighted by Crippen LogP contribution is -2.43. The first-order valence-corrected chi connectivity index (χ1v) is 14.7. The number of benzene rings is 3. The first-order chi connectivity index (χ1) is 14.9. The molecule has 3 rings (SSSR count). The van der Waals surface area contributed by atoms with E-state index in [9.17, 15) is 10.2 Å². The average Bonchev–Trinajstić information content (AvgIpc) is 2.74. The molecule has 3 aromatic rings. The fourth-order valence-corrected chi connectivity index (χ4v) is 4.79. The Labute approximate surface area is 205 Å². The third kappa shape index (κ3) is 5.64. The van der Waals surface area contributed by atoms with Crippen molar-refractivity contribution < 1.29 is 14.6 Å². The minimum Gasteiger partial charge on any atom is -0.544 e. The number of hydrogen-bond acceptors (Lipinski definition) is 3. The molecule has 0 aliphatic carbocycles. The van der Waals surface area contributed by atoms with E-state index >= 15 is 0 Å². The van der Waals surface area contributed by atoms with Gasteiger partial charge in [0.25, 0.3) is 0 Å². The van der Waals surface area contributed by atoms with Crippen molar-refractivity contribution in [1.29, 1.82) is 0 Å². The van der Waals surface area contributed by atoms with E-state index in [4.69, 9.17) is 16.0 Å². The van der Waals surface area contributed by atoms with Crippen LogP contribution >= 0.6 is 27.5 Å². The van der Waals surface area contributed by atoms with E-state index in [-0.39, 0.29) is 5.04 Å². The van der Waals surface area contributed by atoms with E-state index in [0.717, 1.165) is 15.8 Å². The lowest BCUT2D eigenvalue weighted by Gasteiger charge is -2.36. The molecule has 170 valence electrons. The Morgan fingerprint density at radius 2 is 1.44 bits per heavy atom. The van der Waals surface area contributed by atoms with Gasteiger partial charge in [0.15, 0.2) is 0 Å². The molecule has 0 heterocycles. The lowest BCUT2D eigenvalue weighted by molar-refractivity contribution is 0.213. The SMILES string of the molecule is CC(C)(C)[Si](C)(C)Oc1ccc(C(O)c2cccc(C(O)c3cc(Br)ccc3Cl)c2)cc1. The summed E-state index contributed by atoms with van der Waals surface area (Å²) in [6, 6.07) is 20.3. The monoisotopic (exact) mass is 532 g/mol. The predicted molar refractivity (Wildman–Crippen MR) is 138 cm³/mol. The zero-order valence-electron chi connectivity index (χ0n) is 19.1. The predicted octanol–water partition coefficient (Wildman–Crippen LogP) is 7.65. The number of aliphatic hydroxyl groups excluding tert-OH is 2. The fourth-order valence-electron chi connectivity index (χ4n) is 3.16. The third-order valence-electron chi connectivity index (χ3n) is 6.17. The van der Waals surface area contributed by atoms with Crippen LogP contribution in [-0.2, 0) is 0 Å². The molecule has 0 fully saturated rings.